The van der Waals surface area contributed by atoms with E-state index >= 15 is 0 Å². The highest BCUT2D eigenvalue weighted by Crippen LogP contribution is 2.25. The summed E-state index contributed by atoms with van der Waals surface area (Å²) in [6.45, 7) is 0.675. The topological polar surface area (TPSA) is 67.2 Å². The van der Waals surface area contributed by atoms with Crippen LogP contribution in [0.5, 0.6) is 0 Å². The Hall–Kier alpha value is -0.880. The van der Waals surface area contributed by atoms with Gasteiger partial charge in [-0.05, 0) is 28.8 Å². The number of hydrogen-bond acceptors (Lipinski definition) is 4. The molecule has 0 bridgehead atoms. The Balaban J connectivity index is 2.02. The van der Waals surface area contributed by atoms with E-state index in [-0.39, 0.29) is 17.6 Å². The summed E-state index contributed by atoms with van der Waals surface area (Å²) in [5.74, 6) is 0.259. The fourth-order valence-electron chi connectivity index (χ4n) is 2.30. The molecule has 1 aromatic rings. The van der Waals surface area contributed by atoms with E-state index in [0.29, 0.717) is 16.7 Å². The van der Waals surface area contributed by atoms with Crippen LogP contribution in [-0.2, 0) is 7.05 Å². The summed E-state index contributed by atoms with van der Waals surface area (Å²) >= 11 is 3.27. The first-order chi connectivity index (χ1) is 8.59. The van der Waals surface area contributed by atoms with Crippen LogP contribution in [0.4, 0.5) is 5.69 Å². The van der Waals surface area contributed by atoms with Gasteiger partial charge in [0.2, 0.25) is 0 Å². The second-order valence-corrected chi connectivity index (χ2v) is 5.59. The zero-order chi connectivity index (χ0) is 13.1. The molecule has 100 valence electrons. The maximum Gasteiger partial charge on any atom is 0.282 e. The zero-order valence-corrected chi connectivity index (χ0v) is 12.0. The van der Waals surface area contributed by atoms with Crippen LogP contribution in [0.25, 0.3) is 0 Å². The summed E-state index contributed by atoms with van der Waals surface area (Å²) in [6, 6.07) is 0. The van der Waals surface area contributed by atoms with Gasteiger partial charge in [0.05, 0.1) is 18.0 Å². The smallest absolute Gasteiger partial charge is 0.282 e. The van der Waals surface area contributed by atoms with Crippen LogP contribution in [0, 0.1) is 5.92 Å². The largest absolute Gasteiger partial charge is 0.393 e. The Morgan fingerprint density at radius 3 is 3.00 bits per heavy atom. The van der Waals surface area contributed by atoms with E-state index in [4.69, 9.17) is 0 Å². The Bertz CT molecular complexity index is 475. The van der Waals surface area contributed by atoms with Crippen molar-refractivity contribution in [2.45, 2.75) is 31.8 Å². The van der Waals surface area contributed by atoms with Crippen molar-refractivity contribution < 1.29 is 5.11 Å². The molecule has 18 heavy (non-hydrogen) atoms. The number of nitrogens with one attached hydrogen (secondary N) is 1. The van der Waals surface area contributed by atoms with Crippen molar-refractivity contribution in [1.29, 1.82) is 0 Å². The fraction of sp³-hybridized carbons (Fsp3) is 0.667. The molecule has 1 aliphatic carbocycles. The van der Waals surface area contributed by atoms with Gasteiger partial charge in [0.25, 0.3) is 5.56 Å². The van der Waals surface area contributed by atoms with Crippen molar-refractivity contribution in [3.63, 3.8) is 0 Å². The van der Waals surface area contributed by atoms with E-state index in [1.165, 1.54) is 11.1 Å². The van der Waals surface area contributed by atoms with Crippen molar-refractivity contribution in [3.05, 3.63) is 21.0 Å². The number of rotatable bonds is 3. The number of aromatic nitrogens is 2. The van der Waals surface area contributed by atoms with Gasteiger partial charge in [-0.15, -0.1) is 0 Å². The number of halogens is 1. The van der Waals surface area contributed by atoms with Gasteiger partial charge in [0.15, 0.2) is 0 Å². The van der Waals surface area contributed by atoms with Crippen molar-refractivity contribution >= 4 is 21.6 Å². The number of nitrogens with zero attached hydrogens (tertiary/aromatic N) is 2. The van der Waals surface area contributed by atoms with E-state index in [2.05, 4.69) is 26.3 Å². The second-order valence-electron chi connectivity index (χ2n) is 4.79. The average Bonchev–Trinajstić information content (AvgIpc) is 2.37. The van der Waals surface area contributed by atoms with E-state index in [1.807, 2.05) is 0 Å². The van der Waals surface area contributed by atoms with Gasteiger partial charge < -0.3 is 10.4 Å². The molecule has 1 fully saturated rings. The molecule has 6 heteroatoms. The molecule has 2 N–H and O–H groups in total. The monoisotopic (exact) mass is 315 g/mol. The summed E-state index contributed by atoms with van der Waals surface area (Å²) in [6.07, 6.45) is 5.57. The molecule has 0 saturated heterocycles. The minimum atomic E-state index is -0.232. The summed E-state index contributed by atoms with van der Waals surface area (Å²) in [4.78, 5) is 11.7. The lowest BCUT2D eigenvalue weighted by atomic mass is 9.86. The predicted octanol–water partition coefficient (Wildman–Crippen LogP) is 1.51. The van der Waals surface area contributed by atoms with Crippen molar-refractivity contribution in [2.24, 2.45) is 13.0 Å². The van der Waals surface area contributed by atoms with Gasteiger partial charge >= 0.3 is 0 Å². The van der Waals surface area contributed by atoms with Gasteiger partial charge in [0, 0.05) is 19.5 Å². The van der Waals surface area contributed by atoms with Crippen molar-refractivity contribution in [1.82, 2.24) is 9.78 Å². The van der Waals surface area contributed by atoms with Crippen molar-refractivity contribution in [3.8, 4) is 0 Å². The molecule has 0 aliphatic heterocycles. The molecule has 0 spiro atoms. The third-order valence-electron chi connectivity index (χ3n) is 3.50. The third kappa shape index (κ3) is 2.92. The zero-order valence-electron chi connectivity index (χ0n) is 10.4. The molecular formula is C12H18BrN3O2. The first-order valence-electron chi connectivity index (χ1n) is 6.23. The molecule has 1 aliphatic rings. The van der Waals surface area contributed by atoms with Gasteiger partial charge in [-0.2, -0.15) is 5.10 Å². The maximum atomic E-state index is 11.7. The second kappa shape index (κ2) is 5.84. The minimum absolute atomic E-state index is 0.163. The average molecular weight is 316 g/mol. The lowest BCUT2D eigenvalue weighted by Crippen LogP contribution is -2.31. The third-order valence-corrected chi connectivity index (χ3v) is 4.27. The molecular weight excluding hydrogens is 298 g/mol. The molecule has 0 aromatic carbocycles. The van der Waals surface area contributed by atoms with Crippen LogP contribution >= 0.6 is 15.9 Å². The van der Waals surface area contributed by atoms with E-state index < -0.39 is 0 Å². The number of hydrogen-bond donors (Lipinski definition) is 2. The molecule has 1 heterocycles. The lowest BCUT2D eigenvalue weighted by Gasteiger charge is -2.28. The van der Waals surface area contributed by atoms with E-state index in [1.54, 1.807) is 13.2 Å². The molecule has 2 rings (SSSR count). The quantitative estimate of drug-likeness (QED) is 0.887. The van der Waals surface area contributed by atoms with Gasteiger partial charge in [0.1, 0.15) is 4.47 Å². The highest BCUT2D eigenvalue weighted by molar-refractivity contribution is 9.10. The molecule has 2 unspecified atom stereocenters. The van der Waals surface area contributed by atoms with E-state index in [9.17, 15) is 9.90 Å². The number of aryl methyl sites for hydroxylation is 1. The lowest BCUT2D eigenvalue weighted by molar-refractivity contribution is 0.0763. The van der Waals surface area contributed by atoms with E-state index in [0.717, 1.165) is 19.3 Å². The summed E-state index contributed by atoms with van der Waals surface area (Å²) in [5.41, 5.74) is 0.528. The highest BCUT2D eigenvalue weighted by Gasteiger charge is 2.23. The Kier molecular flexibility index (Phi) is 4.40. The molecule has 0 amide bonds. The molecule has 5 nitrogen and oxygen atoms in total. The number of aliphatic hydroxyl groups is 1. The van der Waals surface area contributed by atoms with Crippen LogP contribution in [0.1, 0.15) is 25.7 Å². The highest BCUT2D eigenvalue weighted by atomic mass is 79.9. The molecule has 0 radical (unpaired) electrons. The minimum Gasteiger partial charge on any atom is -0.393 e. The number of aliphatic hydroxyl groups excluding tert-OH is 1. The van der Waals surface area contributed by atoms with Crippen LogP contribution in [0.3, 0.4) is 0 Å². The maximum absolute atomic E-state index is 11.7. The summed E-state index contributed by atoms with van der Waals surface area (Å²) in [7, 11) is 1.61. The molecule has 2 atom stereocenters. The first-order valence-corrected chi connectivity index (χ1v) is 7.02. The summed E-state index contributed by atoms with van der Waals surface area (Å²) < 4.78 is 1.77. The van der Waals surface area contributed by atoms with Gasteiger partial charge in [-0.25, -0.2) is 4.68 Å². The molecule has 1 saturated carbocycles. The van der Waals surface area contributed by atoms with Crippen molar-refractivity contribution in [2.75, 3.05) is 11.9 Å². The molecule has 1 aromatic heterocycles. The standard InChI is InChI=1S/C12H18BrN3O2/c1-16-12(18)11(13)9(7-15-16)14-6-8-4-2-3-5-10(8)17/h7-8,10,14,17H,2-6H2,1H3. The Morgan fingerprint density at radius 1 is 1.56 bits per heavy atom. The summed E-state index contributed by atoms with van der Waals surface area (Å²) in [5, 5.41) is 17.1. The predicted molar refractivity (Wildman–Crippen MR) is 73.6 cm³/mol. The number of anilines is 1. The SMILES string of the molecule is Cn1ncc(NCC2CCCCC2O)c(Br)c1=O. The fourth-order valence-corrected chi connectivity index (χ4v) is 2.80. The first kappa shape index (κ1) is 13.5. The normalized spacial score (nSPS) is 23.9. The van der Waals surface area contributed by atoms with Crippen LogP contribution in [-0.4, -0.2) is 27.5 Å². The Labute approximate surface area is 114 Å². The van der Waals surface area contributed by atoms with Gasteiger partial charge in [-0.1, -0.05) is 12.8 Å². The van der Waals surface area contributed by atoms with Crippen LogP contribution < -0.4 is 10.9 Å². The van der Waals surface area contributed by atoms with Gasteiger partial charge in [-0.3, -0.25) is 4.79 Å². The van der Waals surface area contributed by atoms with Crippen LogP contribution in [0.15, 0.2) is 15.5 Å². The van der Waals surface area contributed by atoms with Crippen LogP contribution in [0.2, 0.25) is 0 Å². The Morgan fingerprint density at radius 2 is 2.28 bits per heavy atom.